The van der Waals surface area contributed by atoms with Gasteiger partial charge in [-0.05, 0) is 12.0 Å². The molecule has 1 aromatic carbocycles. The standard InChI is InChI=1S/C17H23N3O4/c1-2-8-20-11-14(9-19-20)16(22)15(21)10-18-17(23)24-12-13-6-4-3-5-7-13/h3-7,9,11,15-16,21-22H,2,8,10,12H2,1H3,(H,18,23). The minimum Gasteiger partial charge on any atom is -0.445 e. The highest BCUT2D eigenvalue weighted by molar-refractivity contribution is 5.67. The second-order valence-corrected chi connectivity index (χ2v) is 5.49. The Hall–Kier alpha value is -2.38. The summed E-state index contributed by atoms with van der Waals surface area (Å²) in [5.74, 6) is 0. The Morgan fingerprint density at radius 3 is 2.79 bits per heavy atom. The molecule has 2 atom stereocenters. The molecule has 0 aliphatic carbocycles. The average Bonchev–Trinajstić information content (AvgIpc) is 3.07. The minimum atomic E-state index is -1.14. The number of alkyl carbamates (subject to hydrolysis) is 1. The van der Waals surface area contributed by atoms with Crippen molar-refractivity contribution in [1.29, 1.82) is 0 Å². The van der Waals surface area contributed by atoms with Gasteiger partial charge in [0.25, 0.3) is 0 Å². The number of nitrogens with zero attached hydrogens (tertiary/aromatic N) is 2. The van der Waals surface area contributed by atoms with Crippen molar-refractivity contribution in [3.05, 3.63) is 53.9 Å². The molecule has 0 spiro atoms. The highest BCUT2D eigenvalue weighted by Gasteiger charge is 2.20. The fourth-order valence-corrected chi connectivity index (χ4v) is 2.18. The Kier molecular flexibility index (Phi) is 6.77. The van der Waals surface area contributed by atoms with Crippen LogP contribution in [-0.4, -0.2) is 38.7 Å². The Balaban J connectivity index is 1.74. The number of aliphatic hydroxyl groups excluding tert-OH is 2. The van der Waals surface area contributed by atoms with Gasteiger partial charge in [-0.25, -0.2) is 4.79 Å². The van der Waals surface area contributed by atoms with E-state index in [0.717, 1.165) is 18.5 Å². The summed E-state index contributed by atoms with van der Waals surface area (Å²) >= 11 is 0. The van der Waals surface area contributed by atoms with Crippen LogP contribution in [0.5, 0.6) is 0 Å². The smallest absolute Gasteiger partial charge is 0.407 e. The lowest BCUT2D eigenvalue weighted by molar-refractivity contribution is 0.0183. The zero-order chi connectivity index (χ0) is 17.4. The van der Waals surface area contributed by atoms with Crippen molar-refractivity contribution in [3.63, 3.8) is 0 Å². The largest absolute Gasteiger partial charge is 0.445 e. The molecule has 2 unspecified atom stereocenters. The van der Waals surface area contributed by atoms with Gasteiger partial charge in [0, 0.05) is 24.8 Å². The zero-order valence-electron chi connectivity index (χ0n) is 13.6. The van der Waals surface area contributed by atoms with Crippen LogP contribution in [0, 0.1) is 0 Å². The molecule has 0 aliphatic heterocycles. The summed E-state index contributed by atoms with van der Waals surface area (Å²) in [6.45, 7) is 2.80. The van der Waals surface area contributed by atoms with Crippen LogP contribution in [0.25, 0.3) is 0 Å². The first kappa shape index (κ1) is 18.0. The van der Waals surface area contributed by atoms with E-state index in [9.17, 15) is 15.0 Å². The molecule has 7 heteroatoms. The molecule has 2 rings (SSSR count). The van der Waals surface area contributed by atoms with Crippen LogP contribution < -0.4 is 5.32 Å². The normalized spacial score (nSPS) is 13.3. The van der Waals surface area contributed by atoms with Crippen LogP contribution in [-0.2, 0) is 17.9 Å². The SMILES string of the molecule is CCCn1cc(C(O)C(O)CNC(=O)OCc2ccccc2)cn1. The van der Waals surface area contributed by atoms with Crippen molar-refractivity contribution in [1.82, 2.24) is 15.1 Å². The molecule has 0 saturated carbocycles. The lowest BCUT2D eigenvalue weighted by Gasteiger charge is -2.17. The second-order valence-electron chi connectivity index (χ2n) is 5.49. The van der Waals surface area contributed by atoms with E-state index in [1.165, 1.54) is 6.20 Å². The van der Waals surface area contributed by atoms with Gasteiger partial charge in [0.05, 0.1) is 6.20 Å². The lowest BCUT2D eigenvalue weighted by Crippen LogP contribution is -2.35. The highest BCUT2D eigenvalue weighted by atomic mass is 16.5. The first-order valence-corrected chi connectivity index (χ1v) is 7.93. The summed E-state index contributed by atoms with van der Waals surface area (Å²) in [4.78, 5) is 11.6. The molecular formula is C17H23N3O4. The second kappa shape index (κ2) is 9.05. The summed E-state index contributed by atoms with van der Waals surface area (Å²) in [5.41, 5.74) is 1.38. The number of aryl methyl sites for hydroxylation is 1. The van der Waals surface area contributed by atoms with Crippen molar-refractivity contribution in [2.24, 2.45) is 0 Å². The number of nitrogens with one attached hydrogen (secondary N) is 1. The molecule has 0 fully saturated rings. The van der Waals surface area contributed by atoms with E-state index in [1.807, 2.05) is 37.3 Å². The summed E-state index contributed by atoms with van der Waals surface area (Å²) in [5, 5.41) is 26.6. The third kappa shape index (κ3) is 5.36. The summed E-state index contributed by atoms with van der Waals surface area (Å²) in [6.07, 6.45) is 1.21. The van der Waals surface area contributed by atoms with Crippen LogP contribution in [0.3, 0.4) is 0 Å². The molecule has 1 amide bonds. The monoisotopic (exact) mass is 333 g/mol. The molecule has 1 aromatic heterocycles. The maximum atomic E-state index is 11.6. The minimum absolute atomic E-state index is 0.117. The molecule has 130 valence electrons. The number of aromatic nitrogens is 2. The van der Waals surface area contributed by atoms with Crippen LogP contribution in [0.2, 0.25) is 0 Å². The Bertz CT molecular complexity index is 630. The van der Waals surface area contributed by atoms with Crippen LogP contribution >= 0.6 is 0 Å². The van der Waals surface area contributed by atoms with Crippen molar-refractivity contribution in [2.75, 3.05) is 6.54 Å². The fraction of sp³-hybridized carbons (Fsp3) is 0.412. The predicted octanol–water partition coefficient (Wildman–Crippen LogP) is 1.61. The first-order chi connectivity index (χ1) is 11.6. The molecule has 3 N–H and O–H groups in total. The van der Waals surface area contributed by atoms with Crippen LogP contribution in [0.4, 0.5) is 4.79 Å². The topological polar surface area (TPSA) is 96.6 Å². The van der Waals surface area contributed by atoms with Gasteiger partial charge >= 0.3 is 6.09 Å². The van der Waals surface area contributed by atoms with Gasteiger partial charge in [-0.15, -0.1) is 0 Å². The van der Waals surface area contributed by atoms with Crippen molar-refractivity contribution < 1.29 is 19.7 Å². The van der Waals surface area contributed by atoms with Crippen LogP contribution in [0.1, 0.15) is 30.6 Å². The third-order valence-electron chi connectivity index (χ3n) is 3.48. The molecule has 2 aromatic rings. The number of ether oxygens (including phenoxy) is 1. The number of aliphatic hydroxyl groups is 2. The number of carbonyl (C=O) groups excluding carboxylic acids is 1. The van der Waals surface area contributed by atoms with E-state index >= 15 is 0 Å². The van der Waals surface area contributed by atoms with E-state index in [2.05, 4.69) is 10.4 Å². The summed E-state index contributed by atoms with van der Waals surface area (Å²) in [7, 11) is 0. The van der Waals surface area contributed by atoms with Gasteiger partial charge in [-0.2, -0.15) is 5.10 Å². The summed E-state index contributed by atoms with van der Waals surface area (Å²) < 4.78 is 6.74. The van der Waals surface area contributed by atoms with E-state index in [-0.39, 0.29) is 13.2 Å². The van der Waals surface area contributed by atoms with Crippen molar-refractivity contribution in [2.45, 2.75) is 38.7 Å². The molecule has 0 aliphatic rings. The van der Waals surface area contributed by atoms with Crippen LogP contribution in [0.15, 0.2) is 42.7 Å². The van der Waals surface area contributed by atoms with E-state index in [0.29, 0.717) is 5.56 Å². The lowest BCUT2D eigenvalue weighted by atomic mass is 10.1. The number of hydrogen-bond donors (Lipinski definition) is 3. The molecular weight excluding hydrogens is 310 g/mol. The van der Waals surface area contributed by atoms with Gasteiger partial charge in [-0.1, -0.05) is 37.3 Å². The van der Waals surface area contributed by atoms with Gasteiger partial charge in [0.15, 0.2) is 0 Å². The Morgan fingerprint density at radius 1 is 1.33 bits per heavy atom. The number of benzene rings is 1. The van der Waals surface area contributed by atoms with Gasteiger partial charge in [0.2, 0.25) is 0 Å². The van der Waals surface area contributed by atoms with Gasteiger partial charge in [0.1, 0.15) is 18.8 Å². The van der Waals surface area contributed by atoms with Crippen molar-refractivity contribution >= 4 is 6.09 Å². The quantitative estimate of drug-likeness (QED) is 0.682. The third-order valence-corrected chi connectivity index (χ3v) is 3.48. The zero-order valence-corrected chi connectivity index (χ0v) is 13.6. The molecule has 7 nitrogen and oxygen atoms in total. The van der Waals surface area contributed by atoms with Gasteiger partial charge in [-0.3, -0.25) is 4.68 Å². The molecule has 0 saturated heterocycles. The number of carbonyl (C=O) groups is 1. The maximum Gasteiger partial charge on any atom is 0.407 e. The molecule has 0 bridgehead atoms. The van der Waals surface area contributed by atoms with Crippen molar-refractivity contribution in [3.8, 4) is 0 Å². The predicted molar refractivity (Wildman–Crippen MR) is 88.1 cm³/mol. The fourth-order valence-electron chi connectivity index (χ4n) is 2.18. The Morgan fingerprint density at radius 2 is 2.08 bits per heavy atom. The van der Waals surface area contributed by atoms with E-state index in [4.69, 9.17) is 4.74 Å². The molecule has 0 radical (unpaired) electrons. The molecule has 24 heavy (non-hydrogen) atoms. The summed E-state index contributed by atoms with van der Waals surface area (Å²) in [6, 6.07) is 9.29. The number of hydrogen-bond acceptors (Lipinski definition) is 5. The first-order valence-electron chi connectivity index (χ1n) is 7.93. The number of amides is 1. The maximum absolute atomic E-state index is 11.6. The molecule has 1 heterocycles. The highest BCUT2D eigenvalue weighted by Crippen LogP contribution is 2.16. The average molecular weight is 333 g/mol. The number of rotatable bonds is 8. The Labute approximate surface area is 140 Å². The van der Waals surface area contributed by atoms with E-state index < -0.39 is 18.3 Å². The van der Waals surface area contributed by atoms with E-state index in [1.54, 1.807) is 10.9 Å². The van der Waals surface area contributed by atoms with Gasteiger partial charge < -0.3 is 20.3 Å².